The zero-order valence-corrected chi connectivity index (χ0v) is 20.3. The van der Waals surface area contributed by atoms with Gasteiger partial charge in [0.1, 0.15) is 11.1 Å². The van der Waals surface area contributed by atoms with Crippen LogP contribution in [0, 0.1) is 0 Å². The van der Waals surface area contributed by atoms with E-state index in [-0.39, 0.29) is 11.2 Å². The monoisotopic (exact) mass is 510 g/mol. The van der Waals surface area contributed by atoms with E-state index in [4.69, 9.17) is 21.4 Å². The van der Waals surface area contributed by atoms with Crippen LogP contribution in [0.25, 0.3) is 23.2 Å². The van der Waals surface area contributed by atoms with E-state index in [1.54, 1.807) is 46.5 Å². The first-order valence-electron chi connectivity index (χ1n) is 11.3. The number of hydrogen-bond donors (Lipinski definition) is 1. The van der Waals surface area contributed by atoms with Crippen LogP contribution in [0.5, 0.6) is 5.75 Å². The van der Waals surface area contributed by atoms with E-state index in [2.05, 4.69) is 10.5 Å². The molecule has 37 heavy (non-hydrogen) atoms. The lowest BCUT2D eigenvalue weighted by Gasteiger charge is -2.06. The Labute approximate surface area is 214 Å². The number of halogens is 1. The van der Waals surface area contributed by atoms with Crippen molar-refractivity contribution in [3.8, 4) is 11.4 Å². The lowest BCUT2D eigenvalue weighted by molar-refractivity contribution is -0.116. The van der Waals surface area contributed by atoms with Gasteiger partial charge in [0.25, 0.3) is 17.1 Å². The third kappa shape index (κ3) is 3.91. The number of benzene rings is 3. The molecular weight excluding hydrogens is 492 g/mol. The number of hydrogen-bond acceptors (Lipinski definition) is 5. The molecule has 5 aromatic rings. The number of nitrogens with one attached hydrogen (secondary N) is 1. The van der Waals surface area contributed by atoms with Gasteiger partial charge in [-0.3, -0.25) is 9.59 Å². The van der Waals surface area contributed by atoms with Gasteiger partial charge >= 0.3 is 0 Å². The maximum Gasteiger partial charge on any atom is 0.282 e. The Morgan fingerprint density at radius 1 is 0.946 bits per heavy atom. The fraction of sp³-hybridized carbons (Fsp3) is 0.0370. The number of carbonyl (C=O) groups excluding carboxylic acids is 1. The van der Waals surface area contributed by atoms with Crippen LogP contribution in [0.15, 0.2) is 94.8 Å². The zero-order valence-electron chi connectivity index (χ0n) is 19.5. The molecule has 0 atom stereocenters. The summed E-state index contributed by atoms with van der Waals surface area (Å²) in [6, 6.07) is 23.6. The summed E-state index contributed by atoms with van der Waals surface area (Å²) in [7, 11) is 1.59. The Hall–Kier alpha value is -4.89. The molecule has 1 N–H and O–H groups in total. The lowest BCUT2D eigenvalue weighted by atomic mass is 10.1. The third-order valence-electron chi connectivity index (χ3n) is 5.98. The van der Waals surface area contributed by atoms with E-state index >= 15 is 0 Å². The van der Waals surface area contributed by atoms with Gasteiger partial charge in [0.2, 0.25) is 5.78 Å². The summed E-state index contributed by atoms with van der Waals surface area (Å²) in [5.41, 5.74) is 5.12. The molecule has 1 amide bonds. The number of carbonyl (C=O) groups is 1. The van der Waals surface area contributed by atoms with Crippen molar-refractivity contribution in [1.29, 1.82) is 0 Å². The van der Waals surface area contributed by atoms with Crippen molar-refractivity contribution in [3.05, 3.63) is 122 Å². The van der Waals surface area contributed by atoms with Gasteiger partial charge in [0.15, 0.2) is 0 Å². The lowest BCUT2D eigenvalue weighted by Crippen LogP contribution is -2.37. The van der Waals surface area contributed by atoms with E-state index in [0.717, 1.165) is 5.56 Å². The molecule has 0 saturated heterocycles. The van der Waals surface area contributed by atoms with Crippen LogP contribution in [-0.2, 0) is 4.79 Å². The van der Waals surface area contributed by atoms with E-state index in [1.807, 2.05) is 54.6 Å². The molecular formula is C27H19ClN6O3. The number of imidazole rings is 1. The van der Waals surface area contributed by atoms with Crippen molar-refractivity contribution in [2.45, 2.75) is 0 Å². The van der Waals surface area contributed by atoms with Gasteiger partial charge < -0.3 is 4.74 Å². The average molecular weight is 511 g/mol. The van der Waals surface area contributed by atoms with E-state index in [1.165, 1.54) is 10.6 Å². The minimum Gasteiger partial charge on any atom is -0.497 e. The smallest absolute Gasteiger partial charge is 0.282 e. The molecule has 2 aromatic heterocycles. The predicted molar refractivity (Wildman–Crippen MR) is 139 cm³/mol. The van der Waals surface area contributed by atoms with Crippen molar-refractivity contribution in [1.82, 2.24) is 24.2 Å². The highest BCUT2D eigenvalue weighted by atomic mass is 35.5. The van der Waals surface area contributed by atoms with Gasteiger partial charge in [-0.05, 0) is 48.0 Å². The Balaban J connectivity index is 1.70. The summed E-state index contributed by atoms with van der Waals surface area (Å²) in [4.78, 5) is 26.3. The van der Waals surface area contributed by atoms with Crippen molar-refractivity contribution < 1.29 is 9.53 Å². The largest absolute Gasteiger partial charge is 0.497 e. The molecule has 0 fully saturated rings. The topological polar surface area (TPSA) is 94.9 Å². The molecule has 10 heteroatoms. The number of methoxy groups -OCH3 is 1. The minimum atomic E-state index is -0.422. The minimum absolute atomic E-state index is 0.258. The normalized spacial score (nSPS) is 13.5. The van der Waals surface area contributed by atoms with Gasteiger partial charge in [-0.15, -0.1) is 10.2 Å². The highest BCUT2D eigenvalue weighted by Crippen LogP contribution is 2.19. The number of nitrogens with zero attached hydrogens (tertiary/aromatic N) is 5. The van der Waals surface area contributed by atoms with Gasteiger partial charge in [-0.25, -0.2) is 14.4 Å². The van der Waals surface area contributed by atoms with Gasteiger partial charge in [0.05, 0.1) is 18.5 Å². The third-order valence-corrected chi connectivity index (χ3v) is 6.23. The van der Waals surface area contributed by atoms with Crippen LogP contribution in [0.4, 0.5) is 0 Å². The van der Waals surface area contributed by atoms with Crippen molar-refractivity contribution in [2.75, 3.05) is 7.11 Å². The van der Waals surface area contributed by atoms with Crippen molar-refractivity contribution in [3.63, 3.8) is 0 Å². The fourth-order valence-corrected chi connectivity index (χ4v) is 4.35. The Bertz CT molecular complexity index is 1870. The first kappa shape index (κ1) is 22.6. The Kier molecular flexibility index (Phi) is 5.46. The second-order valence-corrected chi connectivity index (χ2v) is 8.69. The molecule has 0 unspecified atom stereocenters. The number of ether oxygens (including phenoxy) is 1. The summed E-state index contributed by atoms with van der Waals surface area (Å²) >= 11 is 6.09. The van der Waals surface area contributed by atoms with Crippen molar-refractivity contribution in [2.24, 2.45) is 5.10 Å². The standard InChI is InChI=1S/C27H19ClN6O3/c1-37-21-13-7-17(8-14-21)15-23-25(36)32(20-5-3-2-4-6-20)27-31-34-22(18-9-11-19(28)12-10-18)16-24(35)29-30-26(34)33(23)27/h2-16H,1H3,(H,29,35)/b23-15+. The number of rotatable bonds is 4. The quantitative estimate of drug-likeness (QED) is 0.401. The number of fused-ring (bicyclic) bond motifs is 3. The first-order chi connectivity index (χ1) is 18.0. The van der Waals surface area contributed by atoms with E-state index in [9.17, 15) is 9.59 Å². The van der Waals surface area contributed by atoms with Crippen LogP contribution in [0.3, 0.4) is 0 Å². The van der Waals surface area contributed by atoms with Crippen LogP contribution in [-0.4, -0.2) is 31.8 Å². The molecule has 0 spiro atoms. The molecule has 1 aliphatic heterocycles. The summed E-state index contributed by atoms with van der Waals surface area (Å²) in [5.74, 6) is 0.620. The van der Waals surface area contributed by atoms with Crippen molar-refractivity contribution >= 4 is 35.1 Å². The molecule has 0 bridgehead atoms. The number of para-hydroxylation sites is 1. The summed E-state index contributed by atoms with van der Waals surface area (Å²) in [6.45, 7) is 0. The molecule has 0 aliphatic carbocycles. The Morgan fingerprint density at radius 2 is 1.68 bits per heavy atom. The molecule has 6 rings (SSSR count). The van der Waals surface area contributed by atoms with Gasteiger partial charge in [-0.2, -0.15) is 4.68 Å². The van der Waals surface area contributed by atoms with Crippen LogP contribution < -0.4 is 26.7 Å². The van der Waals surface area contributed by atoms with Crippen LogP contribution in [0.1, 0.15) is 11.1 Å². The first-order valence-corrected chi connectivity index (χ1v) is 11.7. The summed E-state index contributed by atoms with van der Waals surface area (Å²) in [6.07, 6.45) is 3.16. The summed E-state index contributed by atoms with van der Waals surface area (Å²) < 4.78 is 9.95. The van der Waals surface area contributed by atoms with Gasteiger partial charge in [-0.1, -0.05) is 54.1 Å². The Morgan fingerprint density at radius 3 is 2.38 bits per heavy atom. The van der Waals surface area contributed by atoms with E-state index in [0.29, 0.717) is 38.8 Å². The average Bonchev–Trinajstić information content (AvgIpc) is 3.35. The number of aromatic nitrogens is 4. The van der Waals surface area contributed by atoms with E-state index < -0.39 is 5.91 Å². The zero-order chi connectivity index (χ0) is 25.5. The second kappa shape index (κ2) is 8.96. The summed E-state index contributed by atoms with van der Waals surface area (Å²) in [5, 5.41) is 9.98. The highest BCUT2D eigenvalue weighted by molar-refractivity contribution is 6.30. The maximum atomic E-state index is 13.8. The fourth-order valence-electron chi connectivity index (χ4n) is 4.23. The molecule has 3 heterocycles. The highest BCUT2D eigenvalue weighted by Gasteiger charge is 2.22. The van der Waals surface area contributed by atoms with Crippen LogP contribution in [0.2, 0.25) is 5.02 Å². The predicted octanol–water partition coefficient (Wildman–Crippen LogP) is 2.33. The van der Waals surface area contributed by atoms with Gasteiger partial charge in [0, 0.05) is 16.7 Å². The van der Waals surface area contributed by atoms with Crippen LogP contribution >= 0.6 is 11.6 Å². The molecule has 1 aliphatic rings. The molecule has 9 nitrogen and oxygen atoms in total. The SMILES string of the molecule is COc1ccc(/C=c2\c(=O)n(-c3ccccc3)c3nn4c(n23)=NNC(=O)C=C4c2ccc(Cl)cc2)cc1. The molecule has 0 saturated carbocycles. The second-order valence-electron chi connectivity index (χ2n) is 8.25. The molecule has 3 aromatic carbocycles. The maximum absolute atomic E-state index is 13.8. The molecule has 182 valence electrons. The number of amides is 1. The molecule has 0 radical (unpaired) electrons.